The number of aromatic nitrogens is 2. The van der Waals surface area contributed by atoms with E-state index in [4.69, 9.17) is 9.47 Å². The van der Waals surface area contributed by atoms with Gasteiger partial charge in [-0.05, 0) is 43.7 Å². The van der Waals surface area contributed by atoms with Crippen molar-refractivity contribution in [3.8, 4) is 5.75 Å². The van der Waals surface area contributed by atoms with Crippen molar-refractivity contribution >= 4 is 17.6 Å². The Bertz CT molecular complexity index is 958. The highest BCUT2D eigenvalue weighted by Gasteiger charge is 2.20. The Morgan fingerprint density at radius 2 is 1.72 bits per heavy atom. The average molecular weight is 391 g/mol. The van der Waals surface area contributed by atoms with Gasteiger partial charge < -0.3 is 14.8 Å². The van der Waals surface area contributed by atoms with E-state index in [0.717, 1.165) is 5.56 Å². The molecule has 0 aliphatic rings. The van der Waals surface area contributed by atoms with Crippen LogP contribution >= 0.6 is 0 Å². The van der Waals surface area contributed by atoms with E-state index in [-0.39, 0.29) is 5.69 Å². The quantitative estimate of drug-likeness (QED) is 0.620. The van der Waals surface area contributed by atoms with Crippen molar-refractivity contribution in [2.45, 2.75) is 26.6 Å². The lowest BCUT2D eigenvalue weighted by atomic mass is 10.2. The van der Waals surface area contributed by atoms with Crippen LogP contribution in [0, 0.1) is 6.92 Å². The molecule has 7 nitrogen and oxygen atoms in total. The number of rotatable bonds is 7. The molecule has 0 fully saturated rings. The molecule has 3 rings (SSSR count). The molecule has 0 spiro atoms. The molecule has 0 aliphatic carbocycles. The van der Waals surface area contributed by atoms with Gasteiger partial charge in [-0.25, -0.2) is 9.78 Å². The zero-order chi connectivity index (χ0) is 20.6. The predicted octanol–water partition coefficient (Wildman–Crippen LogP) is 3.55. The van der Waals surface area contributed by atoms with E-state index in [1.54, 1.807) is 31.2 Å². The highest BCUT2D eigenvalue weighted by molar-refractivity contribution is 5.96. The molecule has 1 aromatic heterocycles. The molecule has 3 aromatic rings. The Labute approximate surface area is 168 Å². The lowest BCUT2D eigenvalue weighted by molar-refractivity contribution is -0.123. The highest BCUT2D eigenvalue weighted by atomic mass is 16.5. The van der Waals surface area contributed by atoms with Gasteiger partial charge in [-0.3, -0.25) is 9.78 Å². The van der Waals surface area contributed by atoms with Crippen molar-refractivity contribution in [3.05, 3.63) is 83.9 Å². The monoisotopic (exact) mass is 391 g/mol. The van der Waals surface area contributed by atoms with Gasteiger partial charge in [-0.2, -0.15) is 0 Å². The summed E-state index contributed by atoms with van der Waals surface area (Å²) >= 11 is 0. The number of hydrogen-bond acceptors (Lipinski definition) is 6. The Hall–Kier alpha value is -3.74. The third kappa shape index (κ3) is 5.87. The Kier molecular flexibility index (Phi) is 6.52. The summed E-state index contributed by atoms with van der Waals surface area (Å²) in [5, 5.41) is 2.70. The molecule has 1 amide bonds. The Balaban J connectivity index is 1.50. The number of amides is 1. The second-order valence-corrected chi connectivity index (χ2v) is 6.38. The van der Waals surface area contributed by atoms with Crippen molar-refractivity contribution < 1.29 is 19.1 Å². The molecule has 0 radical (unpaired) electrons. The fraction of sp³-hybridized carbons (Fsp3) is 0.182. The molecule has 0 bridgehead atoms. The number of anilines is 1. The van der Waals surface area contributed by atoms with Crippen LogP contribution in [0.2, 0.25) is 0 Å². The first-order valence-electron chi connectivity index (χ1n) is 9.08. The molecular weight excluding hydrogens is 370 g/mol. The topological polar surface area (TPSA) is 90.4 Å². The highest BCUT2D eigenvalue weighted by Crippen LogP contribution is 2.17. The maximum Gasteiger partial charge on any atom is 0.359 e. The van der Waals surface area contributed by atoms with Gasteiger partial charge in [0, 0.05) is 11.9 Å². The van der Waals surface area contributed by atoms with Crippen molar-refractivity contribution in [2.24, 2.45) is 0 Å². The van der Waals surface area contributed by atoms with Gasteiger partial charge >= 0.3 is 5.97 Å². The Morgan fingerprint density at radius 1 is 1.00 bits per heavy atom. The number of benzene rings is 2. The fourth-order valence-corrected chi connectivity index (χ4v) is 2.39. The summed E-state index contributed by atoms with van der Waals surface area (Å²) < 4.78 is 10.9. The molecule has 2 aromatic carbocycles. The van der Waals surface area contributed by atoms with Gasteiger partial charge in [0.1, 0.15) is 12.4 Å². The van der Waals surface area contributed by atoms with Crippen molar-refractivity contribution in [1.29, 1.82) is 0 Å². The summed E-state index contributed by atoms with van der Waals surface area (Å²) in [7, 11) is 0. The minimum Gasteiger partial charge on any atom is -0.489 e. The fourth-order valence-electron chi connectivity index (χ4n) is 2.39. The summed E-state index contributed by atoms with van der Waals surface area (Å²) in [5.74, 6) is -0.467. The van der Waals surface area contributed by atoms with Crippen molar-refractivity contribution in [2.75, 3.05) is 5.32 Å². The van der Waals surface area contributed by atoms with E-state index in [9.17, 15) is 9.59 Å². The first-order valence-corrected chi connectivity index (χ1v) is 9.08. The van der Waals surface area contributed by atoms with E-state index in [0.29, 0.717) is 23.7 Å². The summed E-state index contributed by atoms with van der Waals surface area (Å²) in [4.78, 5) is 32.2. The first kappa shape index (κ1) is 20.0. The van der Waals surface area contributed by atoms with E-state index in [2.05, 4.69) is 15.3 Å². The standard InChI is InChI=1S/C22H21N3O4/c1-15-12-24-20(13-23-15)22(27)29-16(2)21(26)25-18-8-10-19(11-9-18)28-14-17-6-4-3-5-7-17/h3-13,16H,14H2,1-2H3,(H,25,26)/t16-/m1/s1. The van der Waals surface area contributed by atoms with Gasteiger partial charge in [0.2, 0.25) is 0 Å². The normalized spacial score (nSPS) is 11.4. The van der Waals surface area contributed by atoms with Gasteiger partial charge in [-0.15, -0.1) is 0 Å². The maximum atomic E-state index is 12.3. The number of carbonyl (C=O) groups is 2. The summed E-state index contributed by atoms with van der Waals surface area (Å²) in [6, 6.07) is 16.8. The molecule has 1 N–H and O–H groups in total. The summed E-state index contributed by atoms with van der Waals surface area (Å²) in [6.45, 7) is 3.71. The molecule has 7 heteroatoms. The minimum absolute atomic E-state index is 0.0511. The third-order valence-electron chi connectivity index (χ3n) is 4.01. The van der Waals surface area contributed by atoms with Crippen LogP contribution in [0.1, 0.15) is 28.7 Å². The molecule has 0 aliphatic heterocycles. The van der Waals surface area contributed by atoms with E-state index in [1.165, 1.54) is 19.3 Å². The van der Waals surface area contributed by atoms with Crippen molar-refractivity contribution in [1.82, 2.24) is 9.97 Å². The largest absolute Gasteiger partial charge is 0.489 e. The average Bonchev–Trinajstić information content (AvgIpc) is 2.74. The van der Waals surface area contributed by atoms with Crippen LogP contribution < -0.4 is 10.1 Å². The van der Waals surface area contributed by atoms with Crippen LogP contribution in [-0.2, 0) is 16.1 Å². The second-order valence-electron chi connectivity index (χ2n) is 6.38. The lowest BCUT2D eigenvalue weighted by Gasteiger charge is -2.13. The molecule has 0 saturated heterocycles. The molecule has 29 heavy (non-hydrogen) atoms. The molecule has 0 unspecified atom stereocenters. The number of aryl methyl sites for hydroxylation is 1. The zero-order valence-electron chi connectivity index (χ0n) is 16.2. The van der Waals surface area contributed by atoms with Gasteiger partial charge in [0.15, 0.2) is 11.8 Å². The van der Waals surface area contributed by atoms with E-state index >= 15 is 0 Å². The van der Waals surface area contributed by atoms with Crippen LogP contribution in [0.5, 0.6) is 5.75 Å². The van der Waals surface area contributed by atoms with Crippen LogP contribution in [0.25, 0.3) is 0 Å². The maximum absolute atomic E-state index is 12.3. The molecule has 148 valence electrons. The molecule has 1 heterocycles. The van der Waals surface area contributed by atoms with Crippen LogP contribution in [0.3, 0.4) is 0 Å². The zero-order valence-corrected chi connectivity index (χ0v) is 16.2. The van der Waals surface area contributed by atoms with Crippen LogP contribution in [0.15, 0.2) is 67.0 Å². The molecule has 0 saturated carbocycles. The molecule has 1 atom stereocenters. The summed E-state index contributed by atoms with van der Waals surface area (Å²) in [6.07, 6.45) is 1.79. The number of carbonyl (C=O) groups excluding carboxylic acids is 2. The van der Waals surface area contributed by atoms with Crippen LogP contribution in [0.4, 0.5) is 5.69 Å². The predicted molar refractivity (Wildman–Crippen MR) is 107 cm³/mol. The smallest absolute Gasteiger partial charge is 0.359 e. The molecular formula is C22H21N3O4. The number of nitrogens with zero attached hydrogens (tertiary/aromatic N) is 2. The van der Waals surface area contributed by atoms with Crippen LogP contribution in [-0.4, -0.2) is 27.9 Å². The Morgan fingerprint density at radius 3 is 2.38 bits per heavy atom. The first-order chi connectivity index (χ1) is 14.0. The second kappa shape index (κ2) is 9.45. The summed E-state index contributed by atoms with van der Waals surface area (Å²) in [5.41, 5.74) is 2.37. The number of ether oxygens (including phenoxy) is 2. The SMILES string of the molecule is Cc1cnc(C(=O)O[C@H](C)C(=O)Nc2ccc(OCc3ccccc3)cc2)cn1. The van der Waals surface area contributed by atoms with Gasteiger partial charge in [0.25, 0.3) is 5.91 Å². The minimum atomic E-state index is -0.986. The van der Waals surface area contributed by atoms with Gasteiger partial charge in [-0.1, -0.05) is 30.3 Å². The van der Waals surface area contributed by atoms with E-state index in [1.807, 2.05) is 30.3 Å². The van der Waals surface area contributed by atoms with E-state index < -0.39 is 18.0 Å². The number of esters is 1. The number of hydrogen-bond donors (Lipinski definition) is 1. The van der Waals surface area contributed by atoms with Crippen molar-refractivity contribution in [3.63, 3.8) is 0 Å². The number of nitrogens with one attached hydrogen (secondary N) is 1. The third-order valence-corrected chi connectivity index (χ3v) is 4.01. The van der Waals surface area contributed by atoms with Gasteiger partial charge in [0.05, 0.1) is 11.9 Å². The lowest BCUT2D eigenvalue weighted by Crippen LogP contribution is -2.30.